The molecule has 2 aromatic rings. The number of benzene rings is 2. The monoisotopic (exact) mass is 390 g/mol. The minimum Gasteiger partial charge on any atom is -0.493 e. The van der Waals surface area contributed by atoms with Crippen LogP contribution in [0.5, 0.6) is 5.75 Å². The van der Waals surface area contributed by atoms with Gasteiger partial charge < -0.3 is 15.4 Å². The fraction of sp³-hybridized carbons (Fsp3) is 0.222. The molecule has 0 aliphatic heterocycles. The SMILES string of the molecule is CCCOc1ccc(Br)cc1C(=O)Nc1ccc(NC(C)=O)cc1. The number of hydrogen-bond donors (Lipinski definition) is 2. The zero-order valence-electron chi connectivity index (χ0n) is 13.6. The first-order valence-corrected chi connectivity index (χ1v) is 8.40. The lowest BCUT2D eigenvalue weighted by molar-refractivity contribution is -0.114. The number of amides is 2. The first-order chi connectivity index (χ1) is 11.5. The summed E-state index contributed by atoms with van der Waals surface area (Å²) < 4.78 is 6.44. The Kier molecular flexibility index (Phi) is 6.37. The molecule has 126 valence electrons. The van der Waals surface area contributed by atoms with Gasteiger partial charge in [-0.2, -0.15) is 0 Å². The number of carbonyl (C=O) groups excluding carboxylic acids is 2. The van der Waals surface area contributed by atoms with Crippen molar-refractivity contribution < 1.29 is 14.3 Å². The summed E-state index contributed by atoms with van der Waals surface area (Å²) in [7, 11) is 0. The van der Waals surface area contributed by atoms with Gasteiger partial charge in [0.15, 0.2) is 0 Å². The molecular formula is C18H19BrN2O3. The molecule has 0 radical (unpaired) electrons. The maximum absolute atomic E-state index is 12.5. The van der Waals surface area contributed by atoms with Crippen molar-refractivity contribution in [2.45, 2.75) is 20.3 Å². The van der Waals surface area contributed by atoms with Gasteiger partial charge in [-0.25, -0.2) is 0 Å². The molecule has 0 saturated carbocycles. The van der Waals surface area contributed by atoms with Crippen LogP contribution >= 0.6 is 15.9 Å². The van der Waals surface area contributed by atoms with Crippen LogP contribution in [0.25, 0.3) is 0 Å². The zero-order chi connectivity index (χ0) is 17.5. The van der Waals surface area contributed by atoms with E-state index < -0.39 is 0 Å². The highest BCUT2D eigenvalue weighted by Crippen LogP contribution is 2.25. The first-order valence-electron chi connectivity index (χ1n) is 7.61. The number of ether oxygens (including phenoxy) is 1. The molecule has 24 heavy (non-hydrogen) atoms. The summed E-state index contributed by atoms with van der Waals surface area (Å²) in [6.07, 6.45) is 0.863. The number of nitrogens with one attached hydrogen (secondary N) is 2. The zero-order valence-corrected chi connectivity index (χ0v) is 15.1. The Balaban J connectivity index is 2.14. The summed E-state index contributed by atoms with van der Waals surface area (Å²) in [5.74, 6) is 0.153. The van der Waals surface area contributed by atoms with Crippen LogP contribution in [0.3, 0.4) is 0 Å². The summed E-state index contributed by atoms with van der Waals surface area (Å²) in [6, 6.07) is 12.3. The molecule has 0 spiro atoms. The Morgan fingerprint density at radius 1 is 1.04 bits per heavy atom. The molecule has 5 nitrogen and oxygen atoms in total. The van der Waals surface area contributed by atoms with Crippen LogP contribution in [0, 0.1) is 0 Å². The third-order valence-corrected chi connectivity index (χ3v) is 3.60. The van der Waals surface area contributed by atoms with E-state index in [-0.39, 0.29) is 11.8 Å². The van der Waals surface area contributed by atoms with Crippen LogP contribution in [-0.2, 0) is 4.79 Å². The van der Waals surface area contributed by atoms with E-state index in [0.29, 0.717) is 29.3 Å². The van der Waals surface area contributed by atoms with Crippen molar-refractivity contribution in [1.82, 2.24) is 0 Å². The molecule has 0 atom stereocenters. The average molecular weight is 391 g/mol. The van der Waals surface area contributed by atoms with Crippen molar-refractivity contribution in [3.63, 3.8) is 0 Å². The van der Waals surface area contributed by atoms with Crippen molar-refractivity contribution >= 4 is 39.1 Å². The van der Waals surface area contributed by atoms with Crippen molar-refractivity contribution in [1.29, 1.82) is 0 Å². The van der Waals surface area contributed by atoms with Crippen LogP contribution in [0.4, 0.5) is 11.4 Å². The largest absolute Gasteiger partial charge is 0.493 e. The number of anilines is 2. The lowest BCUT2D eigenvalue weighted by atomic mass is 10.1. The first kappa shape index (κ1) is 18.0. The topological polar surface area (TPSA) is 67.4 Å². The maximum atomic E-state index is 12.5. The summed E-state index contributed by atoms with van der Waals surface area (Å²) >= 11 is 3.37. The highest BCUT2D eigenvalue weighted by molar-refractivity contribution is 9.10. The summed E-state index contributed by atoms with van der Waals surface area (Å²) in [4.78, 5) is 23.5. The van der Waals surface area contributed by atoms with E-state index in [9.17, 15) is 9.59 Å². The molecule has 2 amide bonds. The lowest BCUT2D eigenvalue weighted by Gasteiger charge is -2.12. The maximum Gasteiger partial charge on any atom is 0.259 e. The number of halogens is 1. The van der Waals surface area contributed by atoms with Gasteiger partial charge in [-0.15, -0.1) is 0 Å². The molecule has 0 heterocycles. The molecule has 0 unspecified atom stereocenters. The molecular weight excluding hydrogens is 372 g/mol. The van der Waals surface area contributed by atoms with E-state index in [2.05, 4.69) is 26.6 Å². The Hall–Kier alpha value is -2.34. The van der Waals surface area contributed by atoms with Crippen molar-refractivity contribution in [2.75, 3.05) is 17.2 Å². The third-order valence-electron chi connectivity index (χ3n) is 3.11. The van der Waals surface area contributed by atoms with Crippen molar-refractivity contribution in [2.24, 2.45) is 0 Å². The molecule has 0 bridgehead atoms. The molecule has 0 aromatic heterocycles. The fourth-order valence-corrected chi connectivity index (χ4v) is 2.42. The second-order valence-corrected chi connectivity index (χ2v) is 6.12. The van der Waals surface area contributed by atoms with E-state index in [0.717, 1.165) is 10.9 Å². The molecule has 0 aliphatic carbocycles. The molecule has 2 N–H and O–H groups in total. The van der Waals surface area contributed by atoms with Gasteiger partial charge in [-0.05, 0) is 48.9 Å². The minimum atomic E-state index is -0.255. The van der Waals surface area contributed by atoms with Crippen LogP contribution < -0.4 is 15.4 Å². The Morgan fingerprint density at radius 2 is 1.67 bits per heavy atom. The van der Waals surface area contributed by atoms with Gasteiger partial charge in [0, 0.05) is 22.8 Å². The standard InChI is InChI=1S/C18H19BrN2O3/c1-3-10-24-17-9-4-13(19)11-16(17)18(23)21-15-7-5-14(6-8-15)20-12(2)22/h4-9,11H,3,10H2,1-2H3,(H,20,22)(H,21,23). The highest BCUT2D eigenvalue weighted by atomic mass is 79.9. The van der Waals surface area contributed by atoms with Gasteiger partial charge in [0.05, 0.1) is 12.2 Å². The third kappa shape index (κ3) is 5.09. The molecule has 0 aliphatic rings. The van der Waals surface area contributed by atoms with Gasteiger partial charge in [0.25, 0.3) is 5.91 Å². The number of carbonyl (C=O) groups is 2. The molecule has 2 aromatic carbocycles. The molecule has 0 fully saturated rings. The lowest BCUT2D eigenvalue weighted by Crippen LogP contribution is -2.14. The van der Waals surface area contributed by atoms with Crippen molar-refractivity contribution in [3.8, 4) is 5.75 Å². The summed E-state index contributed by atoms with van der Waals surface area (Å²) in [5, 5.41) is 5.51. The summed E-state index contributed by atoms with van der Waals surface area (Å²) in [5.41, 5.74) is 1.77. The second-order valence-electron chi connectivity index (χ2n) is 5.20. The van der Waals surface area contributed by atoms with E-state index in [1.807, 2.05) is 13.0 Å². The highest BCUT2D eigenvalue weighted by Gasteiger charge is 2.13. The van der Waals surface area contributed by atoms with Crippen LogP contribution in [0.2, 0.25) is 0 Å². The predicted octanol–water partition coefficient (Wildman–Crippen LogP) is 4.45. The van der Waals surface area contributed by atoms with Gasteiger partial charge in [-0.1, -0.05) is 22.9 Å². The predicted molar refractivity (Wildman–Crippen MR) is 98.6 cm³/mol. The molecule has 2 rings (SSSR count). The van der Waals surface area contributed by atoms with Gasteiger partial charge in [0.1, 0.15) is 5.75 Å². The normalized spacial score (nSPS) is 10.1. The number of hydrogen-bond acceptors (Lipinski definition) is 3. The quantitative estimate of drug-likeness (QED) is 0.765. The van der Waals surface area contributed by atoms with Gasteiger partial charge >= 0.3 is 0 Å². The smallest absolute Gasteiger partial charge is 0.259 e. The minimum absolute atomic E-state index is 0.140. The Bertz CT molecular complexity index is 730. The molecule has 0 saturated heterocycles. The van der Waals surface area contributed by atoms with Gasteiger partial charge in [-0.3, -0.25) is 9.59 Å². The van der Waals surface area contributed by atoms with E-state index >= 15 is 0 Å². The van der Waals surface area contributed by atoms with E-state index in [1.165, 1.54) is 6.92 Å². The van der Waals surface area contributed by atoms with Gasteiger partial charge in [0.2, 0.25) is 5.91 Å². The van der Waals surface area contributed by atoms with E-state index in [4.69, 9.17) is 4.74 Å². The average Bonchev–Trinajstić information content (AvgIpc) is 2.55. The summed E-state index contributed by atoms with van der Waals surface area (Å²) in [6.45, 7) is 4.00. The molecule has 6 heteroatoms. The Morgan fingerprint density at radius 3 is 2.25 bits per heavy atom. The number of rotatable bonds is 6. The van der Waals surface area contributed by atoms with E-state index in [1.54, 1.807) is 36.4 Å². The van der Waals surface area contributed by atoms with Crippen molar-refractivity contribution in [3.05, 3.63) is 52.5 Å². The van der Waals surface area contributed by atoms with Crippen LogP contribution in [0.15, 0.2) is 46.9 Å². The Labute approximate surface area is 149 Å². The van der Waals surface area contributed by atoms with Crippen LogP contribution in [0.1, 0.15) is 30.6 Å². The van der Waals surface area contributed by atoms with Crippen LogP contribution in [-0.4, -0.2) is 18.4 Å². The second kappa shape index (κ2) is 8.49. The fourth-order valence-electron chi connectivity index (χ4n) is 2.06.